The summed E-state index contributed by atoms with van der Waals surface area (Å²) in [5.41, 5.74) is 3.27. The molecule has 1 aromatic carbocycles. The zero-order valence-corrected chi connectivity index (χ0v) is 7.83. The van der Waals surface area contributed by atoms with E-state index in [9.17, 15) is 5.11 Å². The molecule has 1 aliphatic carbocycles. The van der Waals surface area contributed by atoms with E-state index in [1.165, 1.54) is 5.56 Å². The van der Waals surface area contributed by atoms with Crippen molar-refractivity contribution in [1.29, 1.82) is 0 Å². The second-order valence-electron chi connectivity index (χ2n) is 4.04. The van der Waals surface area contributed by atoms with Gasteiger partial charge < -0.3 is 10.1 Å². The Morgan fingerprint density at radius 3 is 3.00 bits per heavy atom. The number of para-hydroxylation sites is 1. The van der Waals surface area contributed by atoms with Crippen LogP contribution in [0.25, 0.3) is 11.0 Å². The molecule has 14 heavy (non-hydrogen) atoms. The first-order valence-corrected chi connectivity index (χ1v) is 4.89. The topological polar surface area (TPSA) is 48.9 Å². The first-order chi connectivity index (χ1) is 6.86. The summed E-state index contributed by atoms with van der Waals surface area (Å²) in [6.45, 7) is 0.235. The van der Waals surface area contributed by atoms with Gasteiger partial charge in [0.2, 0.25) is 0 Å². The van der Waals surface area contributed by atoms with Crippen molar-refractivity contribution in [2.45, 2.75) is 18.3 Å². The third-order valence-electron chi connectivity index (χ3n) is 3.18. The molecule has 0 bridgehead atoms. The van der Waals surface area contributed by atoms with Crippen LogP contribution in [0.1, 0.15) is 18.4 Å². The maximum Gasteiger partial charge on any atom is 0.0932 e. The summed E-state index contributed by atoms with van der Waals surface area (Å²) in [7, 11) is 0. The molecule has 0 aliphatic heterocycles. The molecule has 0 amide bonds. The van der Waals surface area contributed by atoms with E-state index in [0.29, 0.717) is 0 Å². The van der Waals surface area contributed by atoms with Gasteiger partial charge in [-0.15, -0.1) is 0 Å². The summed E-state index contributed by atoms with van der Waals surface area (Å²) in [5, 5.41) is 9.37. The molecule has 3 rings (SSSR count). The van der Waals surface area contributed by atoms with Gasteiger partial charge in [0.25, 0.3) is 0 Å². The molecule has 1 heterocycles. The van der Waals surface area contributed by atoms with Crippen molar-refractivity contribution in [2.24, 2.45) is 0 Å². The van der Waals surface area contributed by atoms with Gasteiger partial charge in [-0.3, -0.25) is 0 Å². The Morgan fingerprint density at radius 2 is 2.29 bits per heavy atom. The molecule has 0 unspecified atom stereocenters. The number of aromatic amines is 1. The van der Waals surface area contributed by atoms with Crippen LogP contribution in [0, 0.1) is 0 Å². The fourth-order valence-corrected chi connectivity index (χ4v) is 2.06. The lowest BCUT2D eigenvalue weighted by Gasteiger charge is -2.12. The zero-order chi connectivity index (χ0) is 9.60. The minimum Gasteiger partial charge on any atom is -0.395 e. The number of rotatable bonds is 2. The number of imidazole rings is 1. The lowest BCUT2D eigenvalue weighted by molar-refractivity contribution is 0.255. The molecule has 2 aromatic rings. The molecule has 0 saturated heterocycles. The molecule has 1 aliphatic rings. The summed E-state index contributed by atoms with van der Waals surface area (Å²) in [5.74, 6) is 0. The van der Waals surface area contributed by atoms with Gasteiger partial charge in [0.05, 0.1) is 24.0 Å². The van der Waals surface area contributed by atoms with E-state index in [4.69, 9.17) is 0 Å². The third kappa shape index (κ3) is 0.930. The minimum atomic E-state index is 0.00863. The monoisotopic (exact) mass is 188 g/mol. The highest BCUT2D eigenvalue weighted by Gasteiger charge is 2.45. The summed E-state index contributed by atoms with van der Waals surface area (Å²) in [6.07, 6.45) is 3.87. The van der Waals surface area contributed by atoms with Crippen molar-refractivity contribution < 1.29 is 5.11 Å². The average molecular weight is 188 g/mol. The Bertz CT molecular complexity index is 471. The van der Waals surface area contributed by atoms with Crippen molar-refractivity contribution in [3.05, 3.63) is 30.1 Å². The number of hydrogen-bond donors (Lipinski definition) is 2. The Labute approximate surface area is 81.8 Å². The van der Waals surface area contributed by atoms with Crippen molar-refractivity contribution in [3.63, 3.8) is 0 Å². The van der Waals surface area contributed by atoms with E-state index < -0.39 is 0 Å². The number of H-pyrrole nitrogens is 1. The zero-order valence-electron chi connectivity index (χ0n) is 7.83. The van der Waals surface area contributed by atoms with E-state index in [-0.39, 0.29) is 12.0 Å². The molecule has 0 spiro atoms. The Kier molecular flexibility index (Phi) is 1.47. The molecule has 1 saturated carbocycles. The van der Waals surface area contributed by atoms with E-state index in [1.54, 1.807) is 6.33 Å². The van der Waals surface area contributed by atoms with Crippen LogP contribution in [0.15, 0.2) is 24.5 Å². The van der Waals surface area contributed by atoms with Crippen molar-refractivity contribution in [2.75, 3.05) is 6.61 Å². The number of aromatic nitrogens is 2. The molecule has 3 nitrogen and oxygen atoms in total. The number of nitrogens with zero attached hydrogens (tertiary/aromatic N) is 1. The van der Waals surface area contributed by atoms with Gasteiger partial charge in [-0.05, 0) is 24.5 Å². The second kappa shape index (κ2) is 2.58. The van der Waals surface area contributed by atoms with Crippen LogP contribution in [-0.2, 0) is 5.41 Å². The number of benzene rings is 1. The van der Waals surface area contributed by atoms with Gasteiger partial charge in [0.1, 0.15) is 0 Å². The lowest BCUT2D eigenvalue weighted by Crippen LogP contribution is -2.12. The second-order valence-corrected chi connectivity index (χ2v) is 4.04. The van der Waals surface area contributed by atoms with E-state index in [1.807, 2.05) is 12.1 Å². The first-order valence-electron chi connectivity index (χ1n) is 4.89. The van der Waals surface area contributed by atoms with Crippen LogP contribution in [0.5, 0.6) is 0 Å². The lowest BCUT2D eigenvalue weighted by atomic mass is 9.96. The molecular formula is C11H12N2O. The third-order valence-corrected chi connectivity index (χ3v) is 3.18. The number of aliphatic hydroxyl groups excluding tert-OH is 1. The normalized spacial score (nSPS) is 18.6. The van der Waals surface area contributed by atoms with E-state index >= 15 is 0 Å². The number of fused-ring (bicyclic) bond motifs is 1. The number of aliphatic hydroxyl groups is 1. The quantitative estimate of drug-likeness (QED) is 0.751. The fourth-order valence-electron chi connectivity index (χ4n) is 2.06. The van der Waals surface area contributed by atoms with Gasteiger partial charge in [-0.1, -0.05) is 12.1 Å². The van der Waals surface area contributed by atoms with Gasteiger partial charge in [0.15, 0.2) is 0 Å². The Balaban J connectivity index is 2.25. The van der Waals surface area contributed by atoms with Gasteiger partial charge >= 0.3 is 0 Å². The number of nitrogens with one attached hydrogen (secondary N) is 1. The largest absolute Gasteiger partial charge is 0.395 e. The van der Waals surface area contributed by atoms with E-state index in [0.717, 1.165) is 23.9 Å². The van der Waals surface area contributed by atoms with Crippen LogP contribution in [0.3, 0.4) is 0 Å². The van der Waals surface area contributed by atoms with Crippen molar-refractivity contribution in [1.82, 2.24) is 9.97 Å². The van der Waals surface area contributed by atoms with Crippen molar-refractivity contribution >= 4 is 11.0 Å². The maximum atomic E-state index is 9.37. The summed E-state index contributed by atoms with van der Waals surface area (Å²) in [4.78, 5) is 7.40. The minimum absolute atomic E-state index is 0.00863. The highest BCUT2D eigenvalue weighted by molar-refractivity contribution is 5.80. The molecule has 72 valence electrons. The molecule has 0 radical (unpaired) electrons. The fraction of sp³-hybridized carbons (Fsp3) is 0.364. The van der Waals surface area contributed by atoms with Gasteiger partial charge in [-0.25, -0.2) is 4.98 Å². The molecule has 1 aromatic heterocycles. The first kappa shape index (κ1) is 8.00. The van der Waals surface area contributed by atoms with Gasteiger partial charge in [-0.2, -0.15) is 0 Å². The van der Waals surface area contributed by atoms with Crippen LogP contribution in [-0.4, -0.2) is 21.7 Å². The highest BCUT2D eigenvalue weighted by Crippen LogP contribution is 2.49. The molecule has 1 fully saturated rings. The summed E-state index contributed by atoms with van der Waals surface area (Å²) >= 11 is 0. The van der Waals surface area contributed by atoms with Crippen LogP contribution in [0.4, 0.5) is 0 Å². The highest BCUT2D eigenvalue weighted by atomic mass is 16.3. The summed E-state index contributed by atoms with van der Waals surface area (Å²) in [6, 6.07) is 6.11. The van der Waals surface area contributed by atoms with Gasteiger partial charge in [0, 0.05) is 5.41 Å². The Hall–Kier alpha value is -1.35. The predicted molar refractivity (Wildman–Crippen MR) is 54.1 cm³/mol. The standard InChI is InChI=1S/C11H12N2O/c14-6-11(4-5-11)8-2-1-3-9-10(8)13-7-12-9/h1-3,7,14H,4-6H2,(H,12,13). The smallest absolute Gasteiger partial charge is 0.0932 e. The molecular weight excluding hydrogens is 176 g/mol. The van der Waals surface area contributed by atoms with Crippen LogP contribution >= 0.6 is 0 Å². The van der Waals surface area contributed by atoms with Crippen LogP contribution in [0.2, 0.25) is 0 Å². The average Bonchev–Trinajstić information content (AvgIpc) is 2.87. The van der Waals surface area contributed by atoms with Crippen molar-refractivity contribution in [3.8, 4) is 0 Å². The SMILES string of the molecule is OCC1(c2cccc3[nH]cnc23)CC1. The Morgan fingerprint density at radius 1 is 1.43 bits per heavy atom. The van der Waals surface area contributed by atoms with E-state index in [2.05, 4.69) is 16.0 Å². The molecule has 2 N–H and O–H groups in total. The van der Waals surface area contributed by atoms with Crippen LogP contribution < -0.4 is 0 Å². The molecule has 3 heteroatoms. The summed E-state index contributed by atoms with van der Waals surface area (Å²) < 4.78 is 0. The maximum absolute atomic E-state index is 9.37. The molecule has 0 atom stereocenters. The number of hydrogen-bond acceptors (Lipinski definition) is 2. The predicted octanol–water partition coefficient (Wildman–Crippen LogP) is 1.59.